The summed E-state index contributed by atoms with van der Waals surface area (Å²) < 4.78 is 0.160. The minimum atomic E-state index is 0.160. The van der Waals surface area contributed by atoms with Gasteiger partial charge in [-0.15, -0.1) is 0 Å². The maximum atomic E-state index is 4.77. The Morgan fingerprint density at radius 3 is 1.54 bits per heavy atom. The van der Waals surface area contributed by atoms with Gasteiger partial charge in [-0.05, 0) is 23.7 Å². The number of thiol groups is 1. The van der Waals surface area contributed by atoms with Crippen LogP contribution in [-0.4, -0.2) is 4.75 Å². The highest BCUT2D eigenvalue weighted by molar-refractivity contribution is 7.81. The predicted octanol–water partition coefficient (Wildman–Crippen LogP) is 4.40. The van der Waals surface area contributed by atoms with E-state index in [1.54, 1.807) is 0 Å². The maximum absolute atomic E-state index is 4.77. The van der Waals surface area contributed by atoms with Crippen molar-refractivity contribution in [1.29, 1.82) is 0 Å². The lowest BCUT2D eigenvalue weighted by Crippen LogP contribution is -2.34. The molecular weight excluding hydrogens is 176 g/mol. The van der Waals surface area contributed by atoms with Gasteiger partial charge in [0.1, 0.15) is 0 Å². The van der Waals surface area contributed by atoms with Crippen molar-refractivity contribution in [3.8, 4) is 0 Å². The fourth-order valence-corrected chi connectivity index (χ4v) is 1.74. The van der Waals surface area contributed by atoms with Gasteiger partial charge >= 0.3 is 0 Å². The van der Waals surface area contributed by atoms with Gasteiger partial charge < -0.3 is 0 Å². The molecule has 0 aromatic heterocycles. The SMILES string of the molecule is CC(C)C(C)(C)CC(C)(S)C(C)C. The highest BCUT2D eigenvalue weighted by Gasteiger charge is 2.33. The molecule has 0 aromatic rings. The van der Waals surface area contributed by atoms with E-state index in [4.69, 9.17) is 12.6 Å². The normalized spacial score (nSPS) is 18.0. The van der Waals surface area contributed by atoms with Crippen molar-refractivity contribution in [2.75, 3.05) is 0 Å². The molecule has 80 valence electrons. The van der Waals surface area contributed by atoms with Crippen molar-refractivity contribution in [2.45, 2.75) is 59.6 Å². The molecule has 0 radical (unpaired) electrons. The molecule has 0 bridgehead atoms. The third kappa shape index (κ3) is 3.93. The summed E-state index contributed by atoms with van der Waals surface area (Å²) in [5.41, 5.74) is 0.390. The Morgan fingerprint density at radius 1 is 0.923 bits per heavy atom. The lowest BCUT2D eigenvalue weighted by atomic mass is 9.72. The molecule has 0 N–H and O–H groups in total. The first kappa shape index (κ1) is 13.4. The minimum absolute atomic E-state index is 0.160. The molecule has 0 spiro atoms. The number of rotatable bonds is 4. The van der Waals surface area contributed by atoms with Crippen LogP contribution in [0.15, 0.2) is 0 Å². The van der Waals surface area contributed by atoms with Crippen LogP contribution in [0.4, 0.5) is 0 Å². The van der Waals surface area contributed by atoms with Crippen molar-refractivity contribution >= 4 is 12.6 Å². The smallest absolute Gasteiger partial charge is 0.0129 e. The van der Waals surface area contributed by atoms with Crippen molar-refractivity contribution in [2.24, 2.45) is 17.3 Å². The zero-order valence-corrected chi connectivity index (χ0v) is 11.2. The van der Waals surface area contributed by atoms with Crippen molar-refractivity contribution < 1.29 is 0 Å². The van der Waals surface area contributed by atoms with E-state index in [1.165, 1.54) is 6.42 Å². The van der Waals surface area contributed by atoms with Gasteiger partial charge in [-0.1, -0.05) is 48.5 Å². The maximum Gasteiger partial charge on any atom is 0.0129 e. The topological polar surface area (TPSA) is 0 Å². The average molecular weight is 202 g/mol. The molecule has 1 heteroatoms. The number of hydrogen-bond donors (Lipinski definition) is 1. The second-order valence-corrected chi connectivity index (χ2v) is 6.85. The van der Waals surface area contributed by atoms with Crippen LogP contribution >= 0.6 is 12.6 Å². The molecule has 13 heavy (non-hydrogen) atoms. The highest BCUT2D eigenvalue weighted by atomic mass is 32.1. The van der Waals surface area contributed by atoms with Gasteiger partial charge in [0.15, 0.2) is 0 Å². The lowest BCUT2D eigenvalue weighted by Gasteiger charge is -2.39. The van der Waals surface area contributed by atoms with Crippen LogP contribution in [0.25, 0.3) is 0 Å². The molecule has 0 saturated heterocycles. The first-order chi connectivity index (χ1) is 5.59. The molecule has 0 saturated carbocycles. The summed E-state index contributed by atoms with van der Waals surface area (Å²) in [6.45, 7) is 16.0. The van der Waals surface area contributed by atoms with Crippen LogP contribution in [0.5, 0.6) is 0 Å². The van der Waals surface area contributed by atoms with Crippen molar-refractivity contribution in [1.82, 2.24) is 0 Å². The van der Waals surface area contributed by atoms with Gasteiger partial charge in [-0.3, -0.25) is 0 Å². The van der Waals surface area contributed by atoms with Crippen LogP contribution in [-0.2, 0) is 0 Å². The molecule has 0 nitrogen and oxygen atoms in total. The summed E-state index contributed by atoms with van der Waals surface area (Å²) in [6, 6.07) is 0. The van der Waals surface area contributed by atoms with Crippen LogP contribution in [0, 0.1) is 17.3 Å². The molecule has 0 rings (SSSR count). The van der Waals surface area contributed by atoms with E-state index >= 15 is 0 Å². The lowest BCUT2D eigenvalue weighted by molar-refractivity contribution is 0.189. The van der Waals surface area contributed by atoms with E-state index < -0.39 is 0 Å². The zero-order chi connectivity index (χ0) is 10.9. The summed E-state index contributed by atoms with van der Waals surface area (Å²) in [6.07, 6.45) is 1.18. The quantitative estimate of drug-likeness (QED) is 0.642. The Morgan fingerprint density at radius 2 is 1.31 bits per heavy atom. The summed E-state index contributed by atoms with van der Waals surface area (Å²) >= 11 is 4.77. The van der Waals surface area contributed by atoms with Gasteiger partial charge in [0.2, 0.25) is 0 Å². The van der Waals surface area contributed by atoms with Crippen LogP contribution in [0.2, 0.25) is 0 Å². The van der Waals surface area contributed by atoms with Crippen LogP contribution < -0.4 is 0 Å². The molecule has 1 atom stereocenters. The fraction of sp³-hybridized carbons (Fsp3) is 1.00. The molecule has 0 aliphatic carbocycles. The van der Waals surface area contributed by atoms with E-state index in [1.807, 2.05) is 0 Å². The van der Waals surface area contributed by atoms with Gasteiger partial charge in [-0.25, -0.2) is 0 Å². The van der Waals surface area contributed by atoms with Gasteiger partial charge in [-0.2, -0.15) is 12.6 Å². The Balaban J connectivity index is 4.42. The van der Waals surface area contributed by atoms with Gasteiger partial charge in [0.25, 0.3) is 0 Å². The molecule has 1 unspecified atom stereocenters. The summed E-state index contributed by atoms with van der Waals surface area (Å²) in [5, 5.41) is 0. The zero-order valence-electron chi connectivity index (χ0n) is 10.3. The van der Waals surface area contributed by atoms with E-state index in [9.17, 15) is 0 Å². The average Bonchev–Trinajstić information content (AvgIpc) is 1.83. The van der Waals surface area contributed by atoms with E-state index in [2.05, 4.69) is 48.5 Å². The van der Waals surface area contributed by atoms with Crippen molar-refractivity contribution in [3.63, 3.8) is 0 Å². The Labute approximate surface area is 89.9 Å². The summed E-state index contributed by atoms with van der Waals surface area (Å²) in [7, 11) is 0. The Bertz CT molecular complexity index is 137. The Hall–Kier alpha value is 0.350. The third-order valence-electron chi connectivity index (χ3n) is 3.62. The second-order valence-electron chi connectivity index (χ2n) is 5.83. The first-order valence-corrected chi connectivity index (χ1v) is 5.76. The largest absolute Gasteiger partial charge is 0.173 e. The molecule has 0 fully saturated rings. The highest BCUT2D eigenvalue weighted by Crippen LogP contribution is 2.41. The van der Waals surface area contributed by atoms with E-state index in [-0.39, 0.29) is 4.75 Å². The number of hydrogen-bond acceptors (Lipinski definition) is 1. The molecule has 0 heterocycles. The monoisotopic (exact) mass is 202 g/mol. The third-order valence-corrected chi connectivity index (χ3v) is 4.29. The molecular formula is C12H26S. The fourth-order valence-electron chi connectivity index (χ4n) is 1.33. The predicted molar refractivity (Wildman–Crippen MR) is 65.5 cm³/mol. The van der Waals surface area contributed by atoms with Crippen LogP contribution in [0.3, 0.4) is 0 Å². The molecule has 0 amide bonds. The second kappa shape index (κ2) is 4.25. The standard InChI is InChI=1S/C12H26S/c1-9(2)11(5,6)8-12(7,13)10(3)4/h9-10,13H,8H2,1-7H3. The summed E-state index contributed by atoms with van der Waals surface area (Å²) in [4.78, 5) is 0. The van der Waals surface area contributed by atoms with Gasteiger partial charge in [0.05, 0.1) is 0 Å². The molecule has 0 aliphatic rings. The van der Waals surface area contributed by atoms with Gasteiger partial charge in [0, 0.05) is 4.75 Å². The summed E-state index contributed by atoms with van der Waals surface area (Å²) in [5.74, 6) is 1.35. The van der Waals surface area contributed by atoms with E-state index in [0.29, 0.717) is 11.3 Å². The van der Waals surface area contributed by atoms with Crippen LogP contribution in [0.1, 0.15) is 54.9 Å². The molecule has 0 aromatic carbocycles. The first-order valence-electron chi connectivity index (χ1n) is 5.32. The molecule has 0 aliphatic heterocycles. The van der Waals surface area contributed by atoms with E-state index in [0.717, 1.165) is 5.92 Å². The minimum Gasteiger partial charge on any atom is -0.173 e. The van der Waals surface area contributed by atoms with Crippen molar-refractivity contribution in [3.05, 3.63) is 0 Å². The Kier molecular flexibility index (Phi) is 4.36.